The molecule has 5 heteroatoms. The Labute approximate surface area is 164 Å². The summed E-state index contributed by atoms with van der Waals surface area (Å²) in [5.74, 6) is -0.534. The number of carbonyl (C=O) groups is 1. The van der Waals surface area contributed by atoms with E-state index in [9.17, 15) is 4.79 Å². The van der Waals surface area contributed by atoms with E-state index in [2.05, 4.69) is 28.5 Å². The summed E-state index contributed by atoms with van der Waals surface area (Å²) in [6.07, 6.45) is 7.60. The first-order valence-corrected chi connectivity index (χ1v) is 9.78. The van der Waals surface area contributed by atoms with E-state index in [-0.39, 0.29) is 0 Å². The molecule has 0 radical (unpaired) electrons. The van der Waals surface area contributed by atoms with Crippen LogP contribution in [0.1, 0.15) is 34.4 Å². The third-order valence-electron chi connectivity index (χ3n) is 5.39. The molecule has 1 aromatic heterocycles. The highest BCUT2D eigenvalue weighted by Crippen LogP contribution is 2.31. The predicted molar refractivity (Wildman–Crippen MR) is 111 cm³/mol. The smallest absolute Gasteiger partial charge is 0.267 e. The molecule has 144 valence electrons. The van der Waals surface area contributed by atoms with Crippen molar-refractivity contribution in [1.82, 2.24) is 15.8 Å². The lowest BCUT2D eigenvalue weighted by molar-refractivity contribution is -0.124. The van der Waals surface area contributed by atoms with Gasteiger partial charge in [-0.25, -0.2) is 5.48 Å². The van der Waals surface area contributed by atoms with Crippen LogP contribution in [0.2, 0.25) is 0 Å². The maximum absolute atomic E-state index is 11.0. The molecule has 0 aliphatic heterocycles. The second-order valence-electron chi connectivity index (χ2n) is 7.25. The minimum absolute atomic E-state index is 0.534. The molecule has 0 fully saturated rings. The normalized spacial score (nSPS) is 13.3. The van der Waals surface area contributed by atoms with Crippen molar-refractivity contribution >= 4 is 22.9 Å². The second kappa shape index (κ2) is 8.42. The number of aromatic nitrogens is 1. The molecule has 2 aromatic carbocycles. The van der Waals surface area contributed by atoms with Crippen LogP contribution in [0.15, 0.2) is 48.5 Å². The molecule has 1 aliphatic carbocycles. The number of benzene rings is 2. The van der Waals surface area contributed by atoms with Crippen LogP contribution in [0.5, 0.6) is 0 Å². The minimum atomic E-state index is -0.534. The van der Waals surface area contributed by atoms with Gasteiger partial charge in [0.1, 0.15) is 0 Å². The van der Waals surface area contributed by atoms with E-state index >= 15 is 0 Å². The molecule has 1 aliphatic rings. The fourth-order valence-electron chi connectivity index (χ4n) is 3.95. The molecular weight excluding hydrogens is 350 g/mol. The number of nitrogens with one attached hydrogen (secondary N) is 3. The fraction of sp³-hybridized carbons (Fsp3) is 0.261. The van der Waals surface area contributed by atoms with E-state index in [1.807, 2.05) is 24.3 Å². The largest absolute Gasteiger partial charge is 0.358 e. The van der Waals surface area contributed by atoms with Crippen LogP contribution >= 0.6 is 0 Å². The maximum atomic E-state index is 11.0. The third kappa shape index (κ3) is 4.01. The van der Waals surface area contributed by atoms with Gasteiger partial charge in [0.15, 0.2) is 0 Å². The Morgan fingerprint density at radius 3 is 2.82 bits per heavy atom. The van der Waals surface area contributed by atoms with Crippen molar-refractivity contribution in [3.63, 3.8) is 0 Å². The van der Waals surface area contributed by atoms with Crippen LogP contribution in [0.25, 0.3) is 17.0 Å². The number of aryl methyl sites for hydroxylation is 2. The lowest BCUT2D eigenvalue weighted by Gasteiger charge is -2.07. The number of hydrogen-bond donors (Lipinski definition) is 4. The maximum Gasteiger partial charge on any atom is 0.267 e. The monoisotopic (exact) mass is 375 g/mol. The summed E-state index contributed by atoms with van der Waals surface area (Å²) in [5, 5.41) is 13.4. The summed E-state index contributed by atoms with van der Waals surface area (Å²) in [6, 6.07) is 14.6. The van der Waals surface area contributed by atoms with Crippen molar-refractivity contribution in [2.24, 2.45) is 0 Å². The first-order valence-electron chi connectivity index (χ1n) is 9.78. The van der Waals surface area contributed by atoms with Crippen LogP contribution in [0.3, 0.4) is 0 Å². The standard InChI is InChI=1S/C23H25N3O2/c27-22(26-28)12-11-16-7-9-17(10-8-16)15-24-14-13-18-3-1-5-20-19-4-2-6-21(19)25-23(18)20/h1,3,5,7-12,24-25,28H,2,4,6,13-15H2,(H,26,27)/b12-11+. The molecule has 0 atom stereocenters. The van der Waals surface area contributed by atoms with Gasteiger partial charge in [0.25, 0.3) is 5.91 Å². The number of para-hydroxylation sites is 1. The zero-order valence-electron chi connectivity index (χ0n) is 15.8. The molecule has 5 nitrogen and oxygen atoms in total. The highest BCUT2D eigenvalue weighted by molar-refractivity contribution is 5.90. The zero-order valence-corrected chi connectivity index (χ0v) is 15.8. The SMILES string of the molecule is O=C(/C=C/c1ccc(CNCCc2cccc3c4c([nH]c23)CCC4)cc1)NO. The average Bonchev–Trinajstić information content (AvgIpc) is 3.32. The summed E-state index contributed by atoms with van der Waals surface area (Å²) in [5.41, 5.74) is 9.34. The molecule has 1 heterocycles. The molecule has 0 spiro atoms. The van der Waals surface area contributed by atoms with Gasteiger partial charge in [-0.3, -0.25) is 10.0 Å². The summed E-state index contributed by atoms with van der Waals surface area (Å²) < 4.78 is 0. The van der Waals surface area contributed by atoms with Crippen molar-refractivity contribution in [3.05, 3.63) is 76.5 Å². The molecule has 0 bridgehead atoms. The quantitative estimate of drug-likeness (QED) is 0.221. The number of hydroxylamine groups is 1. The van der Waals surface area contributed by atoms with E-state index in [4.69, 9.17) is 5.21 Å². The van der Waals surface area contributed by atoms with Crippen LogP contribution < -0.4 is 10.8 Å². The van der Waals surface area contributed by atoms with Crippen molar-refractivity contribution in [2.45, 2.75) is 32.2 Å². The highest BCUT2D eigenvalue weighted by atomic mass is 16.5. The molecule has 4 N–H and O–H groups in total. The number of aromatic amines is 1. The zero-order chi connectivity index (χ0) is 19.3. The Morgan fingerprint density at radius 2 is 2.00 bits per heavy atom. The molecule has 0 saturated carbocycles. The van der Waals surface area contributed by atoms with Gasteiger partial charge >= 0.3 is 0 Å². The number of rotatable bonds is 7. The van der Waals surface area contributed by atoms with E-state index < -0.39 is 5.91 Å². The van der Waals surface area contributed by atoms with E-state index in [0.29, 0.717) is 0 Å². The van der Waals surface area contributed by atoms with Gasteiger partial charge in [-0.2, -0.15) is 0 Å². The van der Waals surface area contributed by atoms with Crippen LogP contribution in [0, 0.1) is 0 Å². The Morgan fingerprint density at radius 1 is 1.14 bits per heavy atom. The predicted octanol–water partition coefficient (Wildman–Crippen LogP) is 3.51. The molecule has 4 rings (SSSR count). The fourth-order valence-corrected chi connectivity index (χ4v) is 3.95. The lowest BCUT2D eigenvalue weighted by atomic mass is 10.1. The summed E-state index contributed by atoms with van der Waals surface area (Å²) in [6.45, 7) is 1.72. The Kier molecular flexibility index (Phi) is 5.55. The van der Waals surface area contributed by atoms with E-state index in [1.54, 1.807) is 11.6 Å². The van der Waals surface area contributed by atoms with Crippen LogP contribution in [-0.4, -0.2) is 22.6 Å². The Hall–Kier alpha value is -2.89. The van der Waals surface area contributed by atoms with Crippen molar-refractivity contribution in [3.8, 4) is 0 Å². The highest BCUT2D eigenvalue weighted by Gasteiger charge is 2.17. The Bertz CT molecular complexity index is 1000. The van der Waals surface area contributed by atoms with Crippen molar-refractivity contribution < 1.29 is 10.0 Å². The molecule has 3 aromatic rings. The summed E-state index contributed by atoms with van der Waals surface area (Å²) >= 11 is 0. The average molecular weight is 375 g/mol. The number of H-pyrrole nitrogens is 1. The molecule has 0 saturated heterocycles. The van der Waals surface area contributed by atoms with Gasteiger partial charge < -0.3 is 10.3 Å². The van der Waals surface area contributed by atoms with Crippen molar-refractivity contribution in [1.29, 1.82) is 0 Å². The molecular formula is C23H25N3O2. The number of hydrogen-bond acceptors (Lipinski definition) is 3. The van der Waals surface area contributed by atoms with E-state index in [0.717, 1.165) is 25.1 Å². The number of fused-ring (bicyclic) bond motifs is 3. The van der Waals surface area contributed by atoms with Crippen molar-refractivity contribution in [2.75, 3.05) is 6.54 Å². The number of amides is 1. The van der Waals surface area contributed by atoms with Gasteiger partial charge in [0.05, 0.1) is 0 Å². The molecule has 28 heavy (non-hydrogen) atoms. The first kappa shape index (κ1) is 18.5. The molecule has 1 amide bonds. The van der Waals surface area contributed by atoms with Gasteiger partial charge in [-0.15, -0.1) is 0 Å². The topological polar surface area (TPSA) is 77.2 Å². The van der Waals surface area contributed by atoms with Gasteiger partial charge in [-0.05, 0) is 60.6 Å². The molecule has 0 unspecified atom stereocenters. The van der Waals surface area contributed by atoms with Gasteiger partial charge in [0, 0.05) is 29.2 Å². The second-order valence-corrected chi connectivity index (χ2v) is 7.25. The van der Waals surface area contributed by atoms with Crippen LogP contribution in [0.4, 0.5) is 0 Å². The van der Waals surface area contributed by atoms with Gasteiger partial charge in [0.2, 0.25) is 0 Å². The Balaban J connectivity index is 1.31. The minimum Gasteiger partial charge on any atom is -0.358 e. The summed E-state index contributed by atoms with van der Waals surface area (Å²) in [4.78, 5) is 14.7. The lowest BCUT2D eigenvalue weighted by Crippen LogP contribution is -2.16. The first-order chi connectivity index (χ1) is 13.7. The summed E-state index contributed by atoms with van der Waals surface area (Å²) in [7, 11) is 0. The van der Waals surface area contributed by atoms with Crippen LogP contribution in [-0.2, 0) is 30.6 Å². The number of carbonyl (C=O) groups excluding carboxylic acids is 1. The third-order valence-corrected chi connectivity index (χ3v) is 5.39. The van der Waals surface area contributed by atoms with Gasteiger partial charge in [-0.1, -0.05) is 42.5 Å². The van der Waals surface area contributed by atoms with E-state index in [1.165, 1.54) is 58.6 Å².